The van der Waals surface area contributed by atoms with Gasteiger partial charge in [0.2, 0.25) is 5.89 Å². The smallest absolute Gasteiger partial charge is 0.250 e. The fraction of sp³-hybridized carbons (Fsp3) is 0.417. The molecule has 20 heavy (non-hydrogen) atoms. The molecule has 0 fully saturated rings. The van der Waals surface area contributed by atoms with Crippen LogP contribution in [-0.2, 0) is 23.1 Å². The minimum atomic E-state index is -3.53. The molecular weight excluding hydrogens is 298 g/mol. The second-order valence-electron chi connectivity index (χ2n) is 4.39. The van der Waals surface area contributed by atoms with Crippen molar-refractivity contribution in [2.75, 3.05) is 7.05 Å². The Balaban J connectivity index is 2.11. The highest BCUT2D eigenvalue weighted by Crippen LogP contribution is 2.25. The predicted molar refractivity (Wildman–Crippen MR) is 77.1 cm³/mol. The van der Waals surface area contributed by atoms with Crippen LogP contribution in [-0.4, -0.2) is 20.4 Å². The lowest BCUT2D eigenvalue weighted by Gasteiger charge is -2.01. The summed E-state index contributed by atoms with van der Waals surface area (Å²) < 4.78 is 32.4. The number of hydrogen-bond donors (Lipinski definition) is 2. The van der Waals surface area contributed by atoms with E-state index in [1.165, 1.54) is 11.3 Å². The first kappa shape index (κ1) is 15.2. The van der Waals surface area contributed by atoms with Gasteiger partial charge in [-0.05, 0) is 32.5 Å². The quantitative estimate of drug-likeness (QED) is 0.845. The zero-order valence-corrected chi connectivity index (χ0v) is 13.2. The van der Waals surface area contributed by atoms with Crippen LogP contribution in [0, 0.1) is 13.8 Å². The molecule has 0 aliphatic rings. The molecule has 0 aromatic carbocycles. The molecule has 2 N–H and O–H groups in total. The summed E-state index contributed by atoms with van der Waals surface area (Å²) in [6.45, 7) is 4.37. The van der Waals surface area contributed by atoms with E-state index in [-0.39, 0.29) is 6.54 Å². The average molecular weight is 315 g/mol. The van der Waals surface area contributed by atoms with Gasteiger partial charge in [0.1, 0.15) is 9.97 Å². The minimum absolute atomic E-state index is 0.0501. The van der Waals surface area contributed by atoms with Gasteiger partial charge in [-0.25, -0.2) is 18.1 Å². The highest BCUT2D eigenvalue weighted by atomic mass is 32.2. The van der Waals surface area contributed by atoms with Crippen molar-refractivity contribution in [1.29, 1.82) is 0 Å². The highest BCUT2D eigenvalue weighted by molar-refractivity contribution is 7.91. The number of sulfonamides is 1. The van der Waals surface area contributed by atoms with Crippen molar-refractivity contribution in [2.24, 2.45) is 0 Å². The summed E-state index contributed by atoms with van der Waals surface area (Å²) in [5.74, 6) is 1.01. The summed E-state index contributed by atoms with van der Waals surface area (Å²) in [6, 6.07) is 1.68. The van der Waals surface area contributed by atoms with Crippen molar-refractivity contribution in [3.8, 4) is 0 Å². The normalized spacial score (nSPS) is 11.9. The van der Waals surface area contributed by atoms with Gasteiger partial charge in [-0.2, -0.15) is 0 Å². The van der Waals surface area contributed by atoms with Gasteiger partial charge in [-0.1, -0.05) is 0 Å². The lowest BCUT2D eigenvalue weighted by Crippen LogP contribution is -2.22. The molecular formula is C12H17N3O3S2. The Morgan fingerprint density at radius 1 is 1.35 bits per heavy atom. The van der Waals surface area contributed by atoms with Crippen molar-refractivity contribution in [1.82, 2.24) is 15.0 Å². The van der Waals surface area contributed by atoms with Crippen LogP contribution in [0.15, 0.2) is 20.9 Å². The fourth-order valence-electron chi connectivity index (χ4n) is 1.67. The number of hydrogen-bond acceptors (Lipinski definition) is 6. The molecule has 0 unspecified atom stereocenters. The molecule has 0 radical (unpaired) electrons. The monoisotopic (exact) mass is 315 g/mol. The zero-order valence-electron chi connectivity index (χ0n) is 11.6. The van der Waals surface area contributed by atoms with Crippen LogP contribution in [0.25, 0.3) is 0 Å². The Morgan fingerprint density at radius 2 is 2.10 bits per heavy atom. The second-order valence-corrected chi connectivity index (χ2v) is 7.52. The second kappa shape index (κ2) is 6.04. The summed E-state index contributed by atoms with van der Waals surface area (Å²) in [5.41, 5.74) is 0.969. The number of thiophene rings is 1. The number of nitrogens with one attached hydrogen (secondary N) is 2. The van der Waals surface area contributed by atoms with Crippen LogP contribution in [0.5, 0.6) is 0 Å². The van der Waals surface area contributed by atoms with Gasteiger partial charge in [0.15, 0.2) is 0 Å². The molecule has 2 aromatic heterocycles. The maximum atomic E-state index is 12.2. The minimum Gasteiger partial charge on any atom is -0.445 e. The lowest BCUT2D eigenvalue weighted by atomic mass is 10.3. The van der Waals surface area contributed by atoms with E-state index in [0.29, 0.717) is 22.4 Å². The van der Waals surface area contributed by atoms with Gasteiger partial charge in [-0.15, -0.1) is 11.3 Å². The Bertz CT molecular complexity index is 689. The number of rotatable bonds is 6. The molecule has 0 aliphatic heterocycles. The van der Waals surface area contributed by atoms with Crippen molar-refractivity contribution in [2.45, 2.75) is 31.1 Å². The Morgan fingerprint density at radius 3 is 2.70 bits per heavy atom. The van der Waals surface area contributed by atoms with E-state index in [2.05, 4.69) is 15.0 Å². The van der Waals surface area contributed by atoms with Crippen molar-refractivity contribution in [3.05, 3.63) is 34.4 Å². The van der Waals surface area contributed by atoms with E-state index in [4.69, 9.17) is 4.42 Å². The highest BCUT2D eigenvalue weighted by Gasteiger charge is 2.19. The van der Waals surface area contributed by atoms with Gasteiger partial charge in [-0.3, -0.25) is 0 Å². The van der Waals surface area contributed by atoms with Gasteiger partial charge in [0.05, 0.1) is 12.7 Å². The summed E-state index contributed by atoms with van der Waals surface area (Å²) in [4.78, 5) is 4.98. The predicted octanol–water partition coefficient (Wildman–Crippen LogP) is 1.55. The average Bonchev–Trinajstić information content (AvgIpc) is 2.95. The third kappa shape index (κ3) is 3.45. The van der Waals surface area contributed by atoms with E-state index in [9.17, 15) is 8.42 Å². The fourth-order valence-corrected chi connectivity index (χ4v) is 4.29. The van der Waals surface area contributed by atoms with Gasteiger partial charge >= 0.3 is 0 Å². The number of aromatic nitrogens is 1. The third-order valence-electron chi connectivity index (χ3n) is 2.68. The first-order valence-electron chi connectivity index (χ1n) is 6.07. The van der Waals surface area contributed by atoms with E-state index < -0.39 is 10.0 Å². The van der Waals surface area contributed by atoms with Crippen LogP contribution in [0.3, 0.4) is 0 Å². The molecule has 2 aromatic rings. The number of aryl methyl sites for hydroxylation is 2. The first-order valence-corrected chi connectivity index (χ1v) is 8.37. The molecule has 0 saturated heterocycles. The third-order valence-corrected chi connectivity index (χ3v) is 5.79. The van der Waals surface area contributed by atoms with E-state index in [1.807, 2.05) is 14.0 Å². The molecule has 110 valence electrons. The maximum absolute atomic E-state index is 12.2. The molecule has 2 rings (SSSR count). The lowest BCUT2D eigenvalue weighted by molar-refractivity contribution is 0.463. The maximum Gasteiger partial charge on any atom is 0.250 e. The van der Waals surface area contributed by atoms with Crippen LogP contribution in [0.4, 0.5) is 0 Å². The molecule has 0 spiro atoms. The van der Waals surface area contributed by atoms with Crippen LogP contribution < -0.4 is 10.0 Å². The summed E-state index contributed by atoms with van der Waals surface area (Å²) in [7, 11) is -1.70. The topological polar surface area (TPSA) is 84.2 Å². The molecule has 0 atom stereocenters. The van der Waals surface area contributed by atoms with Crippen molar-refractivity contribution < 1.29 is 12.8 Å². The molecule has 0 bridgehead atoms. The number of nitrogens with zero attached hydrogens (tertiary/aromatic N) is 1. The standard InChI is InChI=1S/C12H17N3O3S2/c1-8-4-12(19-10(8)6-13-3)20(16,17)15-7-11-14-5-9(2)18-11/h4-5,13,15H,6-7H2,1-3H3. The Kier molecular flexibility index (Phi) is 4.59. The Labute approximate surface area is 122 Å². The van der Waals surface area contributed by atoms with Gasteiger partial charge in [0.25, 0.3) is 10.0 Å². The molecule has 0 aliphatic carbocycles. The van der Waals surface area contributed by atoms with E-state index in [0.717, 1.165) is 10.4 Å². The van der Waals surface area contributed by atoms with Crippen LogP contribution in [0.1, 0.15) is 22.1 Å². The van der Waals surface area contributed by atoms with Crippen LogP contribution in [0.2, 0.25) is 0 Å². The van der Waals surface area contributed by atoms with Crippen LogP contribution >= 0.6 is 11.3 Å². The van der Waals surface area contributed by atoms with Gasteiger partial charge in [0, 0.05) is 11.4 Å². The zero-order chi connectivity index (χ0) is 14.8. The van der Waals surface area contributed by atoms with Gasteiger partial charge < -0.3 is 9.73 Å². The largest absolute Gasteiger partial charge is 0.445 e. The number of oxazole rings is 1. The Hall–Kier alpha value is -1.22. The summed E-state index contributed by atoms with van der Waals surface area (Å²) in [6.07, 6.45) is 1.56. The summed E-state index contributed by atoms with van der Waals surface area (Å²) in [5, 5.41) is 3.02. The molecule has 6 nitrogen and oxygen atoms in total. The van der Waals surface area contributed by atoms with Crippen molar-refractivity contribution in [3.63, 3.8) is 0 Å². The first-order chi connectivity index (χ1) is 9.42. The molecule has 2 heterocycles. The molecule has 0 saturated carbocycles. The summed E-state index contributed by atoms with van der Waals surface area (Å²) >= 11 is 1.27. The molecule has 8 heteroatoms. The SMILES string of the molecule is CNCc1sc(S(=O)(=O)NCc2ncc(C)o2)cc1C. The van der Waals surface area contributed by atoms with Crippen molar-refractivity contribution >= 4 is 21.4 Å². The van der Waals surface area contributed by atoms with E-state index in [1.54, 1.807) is 19.2 Å². The molecule has 0 amide bonds. The van der Waals surface area contributed by atoms with E-state index >= 15 is 0 Å².